The summed E-state index contributed by atoms with van der Waals surface area (Å²) in [6, 6.07) is 6.08. The predicted molar refractivity (Wildman–Crippen MR) is 102 cm³/mol. The van der Waals surface area contributed by atoms with Crippen molar-refractivity contribution in [1.82, 2.24) is 20.6 Å². The van der Waals surface area contributed by atoms with E-state index in [0.29, 0.717) is 11.2 Å². The lowest BCUT2D eigenvalue weighted by atomic mass is 10.2. The van der Waals surface area contributed by atoms with E-state index in [1.54, 1.807) is 6.20 Å². The molecule has 1 atom stereocenters. The third-order valence-corrected chi connectivity index (χ3v) is 3.95. The van der Waals surface area contributed by atoms with Crippen LogP contribution in [0.15, 0.2) is 29.5 Å². The molecule has 128 valence electrons. The van der Waals surface area contributed by atoms with Gasteiger partial charge in [-0.2, -0.15) is 5.10 Å². The highest BCUT2D eigenvalue weighted by Crippen LogP contribution is 2.00. The molecule has 0 saturated carbocycles. The molecule has 5 nitrogen and oxygen atoms in total. The molecular weight excluding hydrogens is 306 g/mol. The normalized spacial score (nSPS) is 13.0. The number of hydrazone groups is 1. The summed E-state index contributed by atoms with van der Waals surface area (Å²) >= 11 is 5.29. The van der Waals surface area contributed by atoms with E-state index in [2.05, 4.69) is 46.5 Å². The van der Waals surface area contributed by atoms with Crippen molar-refractivity contribution in [3.63, 3.8) is 0 Å². The van der Waals surface area contributed by atoms with Crippen molar-refractivity contribution >= 4 is 23.0 Å². The summed E-state index contributed by atoms with van der Waals surface area (Å²) < 4.78 is 0. The van der Waals surface area contributed by atoms with E-state index in [-0.39, 0.29) is 0 Å². The van der Waals surface area contributed by atoms with Crippen LogP contribution in [0.3, 0.4) is 0 Å². The Hall–Kier alpha value is -1.53. The molecule has 2 N–H and O–H groups in total. The average molecular weight is 336 g/mol. The van der Waals surface area contributed by atoms with Gasteiger partial charge in [0.2, 0.25) is 0 Å². The molecule has 1 aromatic heterocycles. The van der Waals surface area contributed by atoms with E-state index in [1.165, 1.54) is 0 Å². The number of nitrogens with zero attached hydrogens (tertiary/aromatic N) is 3. The first-order chi connectivity index (χ1) is 11.1. The number of rotatable bonds is 9. The number of aromatic nitrogens is 1. The molecule has 0 radical (unpaired) electrons. The van der Waals surface area contributed by atoms with Crippen molar-refractivity contribution in [2.45, 2.75) is 46.6 Å². The van der Waals surface area contributed by atoms with E-state index in [4.69, 9.17) is 12.2 Å². The Morgan fingerprint density at radius 1 is 1.35 bits per heavy atom. The molecule has 0 aliphatic rings. The fourth-order valence-electron chi connectivity index (χ4n) is 2.26. The van der Waals surface area contributed by atoms with Crippen LogP contribution >= 0.6 is 12.2 Å². The zero-order valence-electron chi connectivity index (χ0n) is 14.7. The summed E-state index contributed by atoms with van der Waals surface area (Å²) in [4.78, 5) is 6.69. The lowest BCUT2D eigenvalue weighted by molar-refractivity contribution is 0.292. The minimum Gasteiger partial charge on any atom is -0.359 e. The van der Waals surface area contributed by atoms with E-state index in [1.807, 2.05) is 25.1 Å². The fraction of sp³-hybridized carbons (Fsp3) is 0.588. The highest BCUT2D eigenvalue weighted by atomic mass is 32.1. The maximum Gasteiger partial charge on any atom is 0.187 e. The van der Waals surface area contributed by atoms with E-state index in [0.717, 1.165) is 43.9 Å². The summed E-state index contributed by atoms with van der Waals surface area (Å²) in [5.41, 5.74) is 4.54. The highest BCUT2D eigenvalue weighted by Gasteiger charge is 2.06. The van der Waals surface area contributed by atoms with Gasteiger partial charge in [0.1, 0.15) is 0 Å². The molecule has 0 saturated heterocycles. The Labute approximate surface area is 145 Å². The first-order valence-corrected chi connectivity index (χ1v) is 8.72. The van der Waals surface area contributed by atoms with Crippen LogP contribution in [-0.4, -0.2) is 46.4 Å². The number of hydrogen-bond donors (Lipinski definition) is 2. The molecule has 1 rings (SSSR count). The van der Waals surface area contributed by atoms with Crippen molar-refractivity contribution in [3.05, 3.63) is 30.1 Å². The standard InChI is InChI=1S/C17H29N5S/c1-5-22(6-2)13-9-10-14(3)19-17(23)21-20-15(4)16-11-7-8-12-18-16/h7-8,11-12,14H,5-6,9-10,13H2,1-4H3,(H2,19,21,23)/b20-15-/t14-/m0/s1. The predicted octanol–water partition coefficient (Wildman–Crippen LogP) is 2.78. The highest BCUT2D eigenvalue weighted by molar-refractivity contribution is 7.80. The fourth-order valence-corrected chi connectivity index (χ4v) is 2.50. The van der Waals surface area contributed by atoms with Gasteiger partial charge in [-0.05, 0) is 70.7 Å². The Morgan fingerprint density at radius 3 is 2.70 bits per heavy atom. The van der Waals surface area contributed by atoms with Crippen LogP contribution in [0.4, 0.5) is 0 Å². The Bertz CT molecular complexity index is 485. The van der Waals surface area contributed by atoms with Crippen molar-refractivity contribution in [1.29, 1.82) is 0 Å². The Morgan fingerprint density at radius 2 is 2.09 bits per heavy atom. The van der Waals surface area contributed by atoms with Crippen LogP contribution in [0, 0.1) is 0 Å². The molecule has 6 heteroatoms. The summed E-state index contributed by atoms with van der Waals surface area (Å²) in [6.45, 7) is 11.8. The molecule has 1 heterocycles. The van der Waals surface area contributed by atoms with Crippen LogP contribution in [0.25, 0.3) is 0 Å². The minimum atomic E-state index is 0.330. The maximum absolute atomic E-state index is 5.29. The summed E-state index contributed by atoms with van der Waals surface area (Å²) in [6.07, 6.45) is 4.00. The van der Waals surface area contributed by atoms with Gasteiger partial charge in [0, 0.05) is 12.2 Å². The molecule has 0 amide bonds. The molecule has 0 spiro atoms. The van der Waals surface area contributed by atoms with Gasteiger partial charge in [-0.25, -0.2) is 0 Å². The van der Waals surface area contributed by atoms with E-state index < -0.39 is 0 Å². The topological polar surface area (TPSA) is 52.5 Å². The lowest BCUT2D eigenvalue weighted by Crippen LogP contribution is -2.39. The number of nitrogens with one attached hydrogen (secondary N) is 2. The summed E-state index contributed by atoms with van der Waals surface area (Å²) in [5.74, 6) is 0. The number of hydrogen-bond acceptors (Lipinski definition) is 4. The molecule has 23 heavy (non-hydrogen) atoms. The second kappa shape index (κ2) is 11.1. The lowest BCUT2D eigenvalue weighted by Gasteiger charge is -2.20. The zero-order valence-corrected chi connectivity index (χ0v) is 15.5. The third-order valence-electron chi connectivity index (χ3n) is 3.74. The number of thiocarbonyl (C=S) groups is 1. The smallest absolute Gasteiger partial charge is 0.187 e. The van der Waals surface area contributed by atoms with Gasteiger partial charge in [-0.15, -0.1) is 0 Å². The maximum atomic E-state index is 5.29. The monoisotopic (exact) mass is 335 g/mol. The second-order valence-corrected chi connectivity index (χ2v) is 5.98. The Balaban J connectivity index is 2.30. The second-order valence-electron chi connectivity index (χ2n) is 5.57. The molecule has 1 aromatic rings. The van der Waals surface area contributed by atoms with Crippen molar-refractivity contribution in [3.8, 4) is 0 Å². The van der Waals surface area contributed by atoms with Gasteiger partial charge in [0.15, 0.2) is 5.11 Å². The molecule has 0 aliphatic carbocycles. The van der Waals surface area contributed by atoms with E-state index >= 15 is 0 Å². The summed E-state index contributed by atoms with van der Waals surface area (Å²) in [7, 11) is 0. The van der Waals surface area contributed by atoms with Crippen LogP contribution < -0.4 is 10.7 Å². The molecule has 0 unspecified atom stereocenters. The van der Waals surface area contributed by atoms with Gasteiger partial charge in [-0.3, -0.25) is 10.4 Å². The molecule has 0 fully saturated rings. The van der Waals surface area contributed by atoms with Gasteiger partial charge < -0.3 is 10.2 Å². The van der Waals surface area contributed by atoms with Gasteiger partial charge >= 0.3 is 0 Å². The van der Waals surface area contributed by atoms with Crippen LogP contribution in [0.5, 0.6) is 0 Å². The Kier molecular flexibility index (Phi) is 9.40. The van der Waals surface area contributed by atoms with E-state index in [9.17, 15) is 0 Å². The first kappa shape index (κ1) is 19.5. The zero-order chi connectivity index (χ0) is 17.1. The van der Waals surface area contributed by atoms with Crippen LogP contribution in [0.2, 0.25) is 0 Å². The molecule has 0 aliphatic heterocycles. The molecule has 0 aromatic carbocycles. The largest absolute Gasteiger partial charge is 0.359 e. The number of pyridine rings is 1. The third kappa shape index (κ3) is 8.04. The van der Waals surface area contributed by atoms with Crippen molar-refractivity contribution in [2.24, 2.45) is 5.10 Å². The van der Waals surface area contributed by atoms with Crippen molar-refractivity contribution < 1.29 is 0 Å². The van der Waals surface area contributed by atoms with Gasteiger partial charge in [-0.1, -0.05) is 19.9 Å². The average Bonchev–Trinajstić information content (AvgIpc) is 2.57. The van der Waals surface area contributed by atoms with Crippen molar-refractivity contribution in [2.75, 3.05) is 19.6 Å². The van der Waals surface area contributed by atoms with Gasteiger partial charge in [0.05, 0.1) is 11.4 Å². The molecular formula is C17H29N5S. The SMILES string of the molecule is CCN(CC)CCC[C@H](C)NC(=S)N/N=C(/C)c1ccccn1. The van der Waals surface area contributed by atoms with Gasteiger partial charge in [0.25, 0.3) is 0 Å². The minimum absolute atomic E-state index is 0.330. The first-order valence-electron chi connectivity index (χ1n) is 8.31. The van der Waals surface area contributed by atoms with Crippen LogP contribution in [-0.2, 0) is 0 Å². The summed E-state index contributed by atoms with van der Waals surface area (Å²) in [5, 5.41) is 8.10. The van der Waals surface area contributed by atoms with Crippen LogP contribution in [0.1, 0.15) is 46.2 Å². The quantitative estimate of drug-likeness (QED) is 0.413. The molecule has 0 bridgehead atoms.